The molecule has 7 heteroatoms. The summed E-state index contributed by atoms with van der Waals surface area (Å²) in [5.74, 6) is -1.02. The summed E-state index contributed by atoms with van der Waals surface area (Å²) in [5, 5.41) is 9.20. The Kier molecular flexibility index (Phi) is 5.71. The summed E-state index contributed by atoms with van der Waals surface area (Å²) < 4.78 is 5.17. The summed E-state index contributed by atoms with van der Waals surface area (Å²) in [6.07, 6.45) is 1.45. The largest absolute Gasteiger partial charge is 0.476 e. The van der Waals surface area contributed by atoms with E-state index in [9.17, 15) is 14.7 Å². The molecular formula is C14H20N2O4S. The van der Waals surface area contributed by atoms with E-state index >= 15 is 0 Å². The molecule has 0 fully saturated rings. The van der Waals surface area contributed by atoms with Gasteiger partial charge in [-0.3, -0.25) is 4.79 Å². The molecule has 0 atom stereocenters. The van der Waals surface area contributed by atoms with E-state index < -0.39 is 17.5 Å². The number of hydrogen-bond donors (Lipinski definition) is 1. The van der Waals surface area contributed by atoms with Crippen LogP contribution in [0.1, 0.15) is 56.8 Å². The summed E-state index contributed by atoms with van der Waals surface area (Å²) in [7, 11) is 0. The van der Waals surface area contributed by atoms with Crippen molar-refractivity contribution in [1.29, 1.82) is 0 Å². The van der Waals surface area contributed by atoms with Crippen molar-refractivity contribution >= 4 is 23.7 Å². The highest BCUT2D eigenvalue weighted by Gasteiger charge is 2.20. The molecule has 21 heavy (non-hydrogen) atoms. The van der Waals surface area contributed by atoms with Gasteiger partial charge in [0, 0.05) is 12.1 Å². The van der Waals surface area contributed by atoms with Gasteiger partial charge < -0.3 is 9.84 Å². The SMILES string of the molecule is CC(C)c1ncc(SCC(=O)OC(C)(C)C)c(C(=O)O)n1. The van der Waals surface area contributed by atoms with Crippen molar-refractivity contribution in [2.75, 3.05) is 5.75 Å². The maximum Gasteiger partial charge on any atom is 0.355 e. The molecule has 0 spiro atoms. The third-order valence-corrected chi connectivity index (χ3v) is 3.25. The average Bonchev–Trinajstić information content (AvgIpc) is 2.33. The second-order valence-electron chi connectivity index (χ2n) is 5.78. The smallest absolute Gasteiger partial charge is 0.355 e. The predicted molar refractivity (Wildman–Crippen MR) is 79.6 cm³/mol. The summed E-state index contributed by atoms with van der Waals surface area (Å²) in [4.78, 5) is 31.4. The Labute approximate surface area is 128 Å². The number of hydrogen-bond acceptors (Lipinski definition) is 6. The zero-order chi connectivity index (χ0) is 16.2. The molecule has 0 amide bonds. The molecular weight excluding hydrogens is 292 g/mol. The van der Waals surface area contributed by atoms with Crippen LogP contribution in [0.2, 0.25) is 0 Å². The summed E-state index contributed by atoms with van der Waals surface area (Å²) in [6.45, 7) is 9.10. The molecule has 1 heterocycles. The Morgan fingerprint density at radius 2 is 2.00 bits per heavy atom. The number of carbonyl (C=O) groups is 2. The molecule has 6 nitrogen and oxygen atoms in total. The first-order chi connectivity index (χ1) is 9.60. The van der Waals surface area contributed by atoms with Gasteiger partial charge in [0.05, 0.1) is 10.6 Å². The number of nitrogens with zero attached hydrogens (tertiary/aromatic N) is 2. The van der Waals surface area contributed by atoms with Gasteiger partial charge >= 0.3 is 11.9 Å². The van der Waals surface area contributed by atoms with Gasteiger partial charge in [-0.2, -0.15) is 0 Å². The van der Waals surface area contributed by atoms with Crippen LogP contribution in [0.25, 0.3) is 0 Å². The number of aromatic nitrogens is 2. The molecule has 116 valence electrons. The first kappa shape index (κ1) is 17.4. The third kappa shape index (κ3) is 5.71. The van der Waals surface area contributed by atoms with E-state index in [2.05, 4.69) is 9.97 Å². The van der Waals surface area contributed by atoms with Crippen molar-refractivity contribution in [3.05, 3.63) is 17.7 Å². The van der Waals surface area contributed by atoms with Crippen molar-refractivity contribution in [1.82, 2.24) is 9.97 Å². The van der Waals surface area contributed by atoms with E-state index in [4.69, 9.17) is 4.74 Å². The molecule has 0 unspecified atom stereocenters. The van der Waals surface area contributed by atoms with E-state index in [1.807, 2.05) is 13.8 Å². The average molecular weight is 312 g/mol. The predicted octanol–water partition coefficient (Wildman–Crippen LogP) is 2.73. The second-order valence-corrected chi connectivity index (χ2v) is 6.79. The lowest BCUT2D eigenvalue weighted by Gasteiger charge is -2.19. The molecule has 0 bridgehead atoms. The monoisotopic (exact) mass is 312 g/mol. The number of carboxylic acid groups (broad SMARTS) is 1. The van der Waals surface area contributed by atoms with E-state index in [0.29, 0.717) is 10.7 Å². The molecule has 1 aromatic heterocycles. The highest BCUT2D eigenvalue weighted by atomic mass is 32.2. The summed E-state index contributed by atoms with van der Waals surface area (Å²) in [5.41, 5.74) is -0.645. The van der Waals surface area contributed by atoms with Crippen molar-refractivity contribution in [2.24, 2.45) is 0 Å². The zero-order valence-corrected chi connectivity index (χ0v) is 13.7. The molecule has 0 aliphatic rings. The number of esters is 1. The molecule has 0 radical (unpaired) electrons. The fraction of sp³-hybridized carbons (Fsp3) is 0.571. The van der Waals surface area contributed by atoms with Crippen molar-refractivity contribution in [3.63, 3.8) is 0 Å². The Morgan fingerprint density at radius 1 is 1.38 bits per heavy atom. The Hall–Kier alpha value is -1.63. The topological polar surface area (TPSA) is 89.4 Å². The molecule has 0 aliphatic carbocycles. The highest BCUT2D eigenvalue weighted by Crippen LogP contribution is 2.23. The number of aromatic carboxylic acids is 1. The van der Waals surface area contributed by atoms with E-state index in [1.54, 1.807) is 20.8 Å². The van der Waals surface area contributed by atoms with E-state index in [-0.39, 0.29) is 17.4 Å². The Balaban J connectivity index is 2.84. The van der Waals surface area contributed by atoms with Gasteiger partial charge in [-0.15, -0.1) is 11.8 Å². The molecule has 1 aromatic rings. The fourth-order valence-electron chi connectivity index (χ4n) is 1.43. The summed E-state index contributed by atoms with van der Waals surface area (Å²) in [6, 6.07) is 0. The van der Waals surface area contributed by atoms with Crippen LogP contribution in [0.4, 0.5) is 0 Å². The normalized spacial score (nSPS) is 11.5. The first-order valence-corrected chi connectivity index (χ1v) is 7.53. The zero-order valence-electron chi connectivity index (χ0n) is 12.8. The standard InChI is InChI=1S/C14H20N2O4S/c1-8(2)12-15-6-9(11(16-12)13(18)19)21-7-10(17)20-14(3,4)5/h6,8H,7H2,1-5H3,(H,18,19). The number of carbonyl (C=O) groups excluding carboxylic acids is 1. The minimum Gasteiger partial charge on any atom is -0.476 e. The maximum atomic E-state index is 11.7. The number of thioether (sulfide) groups is 1. The lowest BCUT2D eigenvalue weighted by atomic mass is 10.2. The van der Waals surface area contributed by atoms with Crippen LogP contribution in [-0.4, -0.2) is 38.4 Å². The van der Waals surface area contributed by atoms with Crippen molar-refractivity contribution < 1.29 is 19.4 Å². The highest BCUT2D eigenvalue weighted by molar-refractivity contribution is 8.00. The lowest BCUT2D eigenvalue weighted by molar-refractivity contribution is -0.151. The van der Waals surface area contributed by atoms with Gasteiger partial charge in [0.15, 0.2) is 5.69 Å². The lowest BCUT2D eigenvalue weighted by Crippen LogP contribution is -2.25. The molecule has 0 aromatic carbocycles. The first-order valence-electron chi connectivity index (χ1n) is 6.55. The second kappa shape index (κ2) is 6.89. The van der Waals surface area contributed by atoms with Gasteiger partial charge in [0.1, 0.15) is 11.4 Å². The van der Waals surface area contributed by atoms with Crippen molar-refractivity contribution in [3.8, 4) is 0 Å². The molecule has 1 rings (SSSR count). The summed E-state index contributed by atoms with van der Waals surface area (Å²) >= 11 is 1.06. The number of ether oxygens (including phenoxy) is 1. The third-order valence-electron chi connectivity index (χ3n) is 2.26. The Morgan fingerprint density at radius 3 is 2.48 bits per heavy atom. The van der Waals surface area contributed by atoms with Crippen LogP contribution < -0.4 is 0 Å². The van der Waals surface area contributed by atoms with Gasteiger partial charge in [-0.05, 0) is 20.8 Å². The van der Waals surface area contributed by atoms with Crippen molar-refractivity contribution in [2.45, 2.75) is 51.0 Å². The van der Waals surface area contributed by atoms with Gasteiger partial charge in [-0.25, -0.2) is 14.8 Å². The fourth-order valence-corrected chi connectivity index (χ4v) is 2.16. The van der Waals surface area contributed by atoms with Crippen LogP contribution in [0.5, 0.6) is 0 Å². The van der Waals surface area contributed by atoms with Gasteiger partial charge in [0.25, 0.3) is 0 Å². The molecule has 0 aliphatic heterocycles. The van der Waals surface area contributed by atoms with Crippen LogP contribution in [0, 0.1) is 0 Å². The quantitative estimate of drug-likeness (QED) is 0.660. The Bertz CT molecular complexity index is 538. The van der Waals surface area contributed by atoms with E-state index in [0.717, 1.165) is 11.8 Å². The van der Waals surface area contributed by atoms with E-state index in [1.165, 1.54) is 6.20 Å². The van der Waals surface area contributed by atoms with Crippen LogP contribution >= 0.6 is 11.8 Å². The van der Waals surface area contributed by atoms with Crippen LogP contribution in [0.3, 0.4) is 0 Å². The minimum absolute atomic E-state index is 0.0158. The van der Waals surface area contributed by atoms with Gasteiger partial charge in [-0.1, -0.05) is 13.8 Å². The molecule has 1 N–H and O–H groups in total. The molecule has 0 saturated carbocycles. The minimum atomic E-state index is -1.13. The number of rotatable bonds is 5. The van der Waals surface area contributed by atoms with Crippen LogP contribution in [-0.2, 0) is 9.53 Å². The number of carboxylic acids is 1. The maximum absolute atomic E-state index is 11.7. The van der Waals surface area contributed by atoms with Crippen LogP contribution in [0.15, 0.2) is 11.1 Å². The van der Waals surface area contributed by atoms with Gasteiger partial charge in [0.2, 0.25) is 0 Å². The molecule has 0 saturated heterocycles.